The molecule has 2 atom stereocenters. The third kappa shape index (κ3) is 3.98. The van der Waals surface area contributed by atoms with Crippen LogP contribution in [0.5, 0.6) is 0 Å². The van der Waals surface area contributed by atoms with Crippen LogP contribution in [0, 0.1) is 11.8 Å². The number of halogens is 1. The van der Waals surface area contributed by atoms with E-state index < -0.39 is 0 Å². The monoisotopic (exact) mass is 370 g/mol. The number of nitrogens with zero attached hydrogens (tertiary/aromatic N) is 3. The highest BCUT2D eigenvalue weighted by Gasteiger charge is 2.46. The van der Waals surface area contributed by atoms with Crippen LogP contribution in [0.4, 0.5) is 5.95 Å². The summed E-state index contributed by atoms with van der Waals surface area (Å²) < 4.78 is 0. The number of hydrogen-bond donors (Lipinski definition) is 1. The molecule has 136 valence electrons. The van der Waals surface area contributed by atoms with E-state index in [1.54, 1.807) is 12.4 Å². The molecule has 2 fully saturated rings. The maximum Gasteiger partial charge on any atom is 0.226 e. The van der Waals surface area contributed by atoms with Crippen LogP contribution in [0.15, 0.2) is 42.7 Å². The molecule has 2 unspecified atom stereocenters. The lowest BCUT2D eigenvalue weighted by molar-refractivity contribution is -0.134. The fraction of sp³-hybridized carbons (Fsp3) is 0.450. The van der Waals surface area contributed by atoms with E-state index in [4.69, 9.17) is 11.6 Å². The molecular weight excluding hydrogens is 348 g/mol. The zero-order valence-electron chi connectivity index (χ0n) is 14.6. The number of rotatable bonds is 5. The average Bonchev–Trinajstić information content (AvgIpc) is 3.48. The lowest BCUT2D eigenvalue weighted by Gasteiger charge is -2.32. The summed E-state index contributed by atoms with van der Waals surface area (Å²) in [4.78, 5) is 23.2. The Morgan fingerprint density at radius 1 is 1.15 bits per heavy atom. The Morgan fingerprint density at radius 2 is 1.85 bits per heavy atom. The molecule has 0 bridgehead atoms. The fourth-order valence-electron chi connectivity index (χ4n) is 3.76. The van der Waals surface area contributed by atoms with Crippen molar-refractivity contribution in [1.29, 1.82) is 0 Å². The van der Waals surface area contributed by atoms with Crippen LogP contribution in [-0.2, 0) is 4.79 Å². The van der Waals surface area contributed by atoms with Crippen molar-refractivity contribution < 1.29 is 4.79 Å². The molecule has 0 radical (unpaired) electrons. The summed E-state index contributed by atoms with van der Waals surface area (Å²) in [6, 6.07) is 9.72. The van der Waals surface area contributed by atoms with E-state index in [0.717, 1.165) is 43.9 Å². The van der Waals surface area contributed by atoms with Gasteiger partial charge in [-0.1, -0.05) is 23.7 Å². The maximum absolute atomic E-state index is 12.8. The number of aromatic nitrogens is 2. The third-order valence-electron chi connectivity index (χ3n) is 5.45. The predicted molar refractivity (Wildman–Crippen MR) is 102 cm³/mol. The Labute approximate surface area is 158 Å². The summed E-state index contributed by atoms with van der Waals surface area (Å²) in [6.07, 6.45) is 6.51. The van der Waals surface area contributed by atoms with Gasteiger partial charge in [-0.05, 0) is 54.9 Å². The van der Waals surface area contributed by atoms with Crippen molar-refractivity contribution in [2.45, 2.75) is 25.2 Å². The number of carbonyl (C=O) groups excluding carboxylic acids is 1. The number of nitrogens with one attached hydrogen (secondary N) is 1. The minimum absolute atomic E-state index is 0.156. The largest absolute Gasteiger partial charge is 0.354 e. The van der Waals surface area contributed by atoms with Gasteiger partial charge >= 0.3 is 0 Å². The van der Waals surface area contributed by atoms with E-state index in [-0.39, 0.29) is 5.92 Å². The molecule has 1 amide bonds. The molecular formula is C20H23ClN4O. The van der Waals surface area contributed by atoms with Gasteiger partial charge in [0.1, 0.15) is 0 Å². The second kappa shape index (κ2) is 7.62. The van der Waals surface area contributed by atoms with Crippen molar-refractivity contribution in [3.05, 3.63) is 53.3 Å². The summed E-state index contributed by atoms with van der Waals surface area (Å²) in [5.74, 6) is 2.09. The lowest BCUT2D eigenvalue weighted by atomic mass is 9.96. The summed E-state index contributed by atoms with van der Waals surface area (Å²) in [5, 5.41) is 4.03. The summed E-state index contributed by atoms with van der Waals surface area (Å²) in [7, 11) is 0. The van der Waals surface area contributed by atoms with Crippen LogP contribution in [0.3, 0.4) is 0 Å². The summed E-state index contributed by atoms with van der Waals surface area (Å²) in [6.45, 7) is 2.57. The van der Waals surface area contributed by atoms with E-state index >= 15 is 0 Å². The smallest absolute Gasteiger partial charge is 0.226 e. The molecule has 4 rings (SSSR count). The van der Waals surface area contributed by atoms with Crippen LogP contribution in [0.1, 0.15) is 30.7 Å². The summed E-state index contributed by atoms with van der Waals surface area (Å²) >= 11 is 5.95. The highest BCUT2D eigenvalue weighted by atomic mass is 35.5. The molecule has 1 aliphatic heterocycles. The molecule has 1 N–H and O–H groups in total. The SMILES string of the molecule is O=C(C1CC1c1ccc(Cl)cc1)N1CCC(CNc2ncccn2)CC1. The molecule has 2 heterocycles. The number of likely N-dealkylation sites (tertiary alicyclic amines) is 1. The molecule has 1 saturated carbocycles. The number of anilines is 1. The number of hydrogen-bond acceptors (Lipinski definition) is 4. The molecule has 2 aliphatic rings. The van der Waals surface area contributed by atoms with E-state index in [9.17, 15) is 4.79 Å². The fourth-order valence-corrected chi connectivity index (χ4v) is 3.89. The Morgan fingerprint density at radius 3 is 2.54 bits per heavy atom. The highest BCUT2D eigenvalue weighted by molar-refractivity contribution is 6.30. The van der Waals surface area contributed by atoms with Crippen molar-refractivity contribution in [1.82, 2.24) is 14.9 Å². The quantitative estimate of drug-likeness (QED) is 0.873. The van der Waals surface area contributed by atoms with Crippen LogP contribution in [0.2, 0.25) is 5.02 Å². The third-order valence-corrected chi connectivity index (χ3v) is 5.70. The molecule has 0 spiro atoms. The molecule has 1 aromatic heterocycles. The van der Waals surface area contributed by atoms with Crippen molar-refractivity contribution >= 4 is 23.5 Å². The van der Waals surface area contributed by atoms with E-state index in [2.05, 4.69) is 20.2 Å². The molecule has 5 nitrogen and oxygen atoms in total. The Balaban J connectivity index is 1.23. The van der Waals surface area contributed by atoms with Crippen molar-refractivity contribution in [2.75, 3.05) is 25.0 Å². The molecule has 26 heavy (non-hydrogen) atoms. The second-order valence-corrected chi connectivity index (χ2v) is 7.66. The first kappa shape index (κ1) is 17.3. The first-order valence-electron chi connectivity index (χ1n) is 9.26. The molecule has 1 aliphatic carbocycles. The molecule has 1 saturated heterocycles. The van der Waals surface area contributed by atoms with Crippen LogP contribution in [0.25, 0.3) is 0 Å². The Hall–Kier alpha value is -2.14. The first-order chi connectivity index (χ1) is 12.7. The Kier molecular flexibility index (Phi) is 5.07. The molecule has 2 aromatic rings. The van der Waals surface area contributed by atoms with Gasteiger partial charge in [0.25, 0.3) is 0 Å². The van der Waals surface area contributed by atoms with Crippen LogP contribution < -0.4 is 5.32 Å². The maximum atomic E-state index is 12.8. The topological polar surface area (TPSA) is 58.1 Å². The van der Waals surface area contributed by atoms with Crippen LogP contribution >= 0.6 is 11.6 Å². The number of benzene rings is 1. The van der Waals surface area contributed by atoms with Crippen molar-refractivity contribution in [2.24, 2.45) is 11.8 Å². The minimum atomic E-state index is 0.156. The van der Waals surface area contributed by atoms with Crippen molar-refractivity contribution in [3.8, 4) is 0 Å². The van der Waals surface area contributed by atoms with Gasteiger partial charge in [-0.15, -0.1) is 0 Å². The average molecular weight is 371 g/mol. The second-order valence-electron chi connectivity index (χ2n) is 7.22. The van der Waals surface area contributed by atoms with E-state index in [0.29, 0.717) is 23.7 Å². The van der Waals surface area contributed by atoms with E-state index in [1.807, 2.05) is 30.3 Å². The number of amides is 1. The molecule has 1 aromatic carbocycles. The van der Waals surface area contributed by atoms with Gasteiger partial charge in [-0.3, -0.25) is 4.79 Å². The van der Waals surface area contributed by atoms with Gasteiger partial charge in [0.05, 0.1) is 0 Å². The number of carbonyl (C=O) groups is 1. The molecule has 6 heteroatoms. The van der Waals surface area contributed by atoms with Crippen LogP contribution in [-0.4, -0.2) is 40.4 Å². The lowest BCUT2D eigenvalue weighted by Crippen LogP contribution is -2.40. The van der Waals surface area contributed by atoms with Gasteiger partial charge in [0, 0.05) is 43.0 Å². The van der Waals surface area contributed by atoms with E-state index in [1.165, 1.54) is 5.56 Å². The normalized spacial score (nSPS) is 22.9. The first-order valence-corrected chi connectivity index (χ1v) is 9.63. The number of piperidine rings is 1. The highest BCUT2D eigenvalue weighted by Crippen LogP contribution is 2.48. The van der Waals surface area contributed by atoms with Gasteiger partial charge in [-0.2, -0.15) is 0 Å². The Bertz CT molecular complexity index is 744. The van der Waals surface area contributed by atoms with Gasteiger partial charge in [0.2, 0.25) is 11.9 Å². The predicted octanol–water partition coefficient (Wildman–Crippen LogP) is 3.58. The summed E-state index contributed by atoms with van der Waals surface area (Å²) in [5.41, 5.74) is 1.23. The van der Waals surface area contributed by atoms with Gasteiger partial charge < -0.3 is 10.2 Å². The van der Waals surface area contributed by atoms with Crippen molar-refractivity contribution in [3.63, 3.8) is 0 Å². The minimum Gasteiger partial charge on any atom is -0.354 e. The zero-order chi connectivity index (χ0) is 17.9. The van der Waals surface area contributed by atoms with Gasteiger partial charge in [0.15, 0.2) is 0 Å². The standard InChI is InChI=1S/C20H23ClN4O/c21-16-4-2-15(3-5-16)17-12-18(17)19(26)25-10-6-14(7-11-25)13-24-20-22-8-1-9-23-20/h1-5,8-9,14,17-18H,6-7,10-13H2,(H,22,23,24). The van der Waals surface area contributed by atoms with Gasteiger partial charge in [-0.25, -0.2) is 9.97 Å². The zero-order valence-corrected chi connectivity index (χ0v) is 15.4.